The number of benzene rings is 1. The third-order valence-electron chi connectivity index (χ3n) is 2.28. The van der Waals surface area contributed by atoms with Gasteiger partial charge < -0.3 is 15.3 Å². The summed E-state index contributed by atoms with van der Waals surface area (Å²) in [6.07, 6.45) is -2.39. The molecule has 0 amide bonds. The Morgan fingerprint density at radius 1 is 1.40 bits per heavy atom. The van der Waals surface area contributed by atoms with E-state index in [1.807, 2.05) is 6.07 Å². The van der Waals surface area contributed by atoms with Crippen LogP contribution >= 0.6 is 0 Å². The van der Waals surface area contributed by atoms with Crippen LogP contribution in [0.5, 0.6) is 0 Å². The standard InChI is InChI=1S/C11H13NO3/c1-7-2-3-8(4-9(7)5-12)11(15)10(14)6-13/h2-4,10-11,13-15H,6H2,1H3. The van der Waals surface area contributed by atoms with Gasteiger partial charge in [-0.15, -0.1) is 0 Å². The van der Waals surface area contributed by atoms with Crippen molar-refractivity contribution in [3.8, 4) is 6.07 Å². The molecule has 0 aliphatic rings. The number of hydrogen-bond donors (Lipinski definition) is 3. The average molecular weight is 207 g/mol. The summed E-state index contributed by atoms with van der Waals surface area (Å²) in [6.45, 7) is 1.27. The first-order valence-corrected chi connectivity index (χ1v) is 4.57. The van der Waals surface area contributed by atoms with Crippen molar-refractivity contribution in [2.24, 2.45) is 0 Å². The van der Waals surface area contributed by atoms with Crippen molar-refractivity contribution in [2.45, 2.75) is 19.1 Å². The highest BCUT2D eigenvalue weighted by Crippen LogP contribution is 2.19. The van der Waals surface area contributed by atoms with Crippen LogP contribution in [-0.4, -0.2) is 28.0 Å². The van der Waals surface area contributed by atoms with Gasteiger partial charge in [-0.05, 0) is 24.1 Å². The van der Waals surface area contributed by atoms with Gasteiger partial charge in [0, 0.05) is 0 Å². The molecular weight excluding hydrogens is 194 g/mol. The summed E-state index contributed by atoms with van der Waals surface area (Å²) < 4.78 is 0. The summed E-state index contributed by atoms with van der Waals surface area (Å²) in [5.41, 5.74) is 1.70. The van der Waals surface area contributed by atoms with E-state index in [1.54, 1.807) is 19.1 Å². The van der Waals surface area contributed by atoms with E-state index in [0.29, 0.717) is 11.1 Å². The molecule has 0 bridgehead atoms. The summed E-state index contributed by atoms with van der Waals surface area (Å²) in [4.78, 5) is 0. The van der Waals surface area contributed by atoms with Crippen LogP contribution in [0.2, 0.25) is 0 Å². The number of aryl methyl sites for hydroxylation is 1. The Morgan fingerprint density at radius 3 is 2.60 bits per heavy atom. The van der Waals surface area contributed by atoms with Crippen molar-refractivity contribution in [3.05, 3.63) is 34.9 Å². The Hall–Kier alpha value is -1.41. The van der Waals surface area contributed by atoms with Crippen molar-refractivity contribution in [1.82, 2.24) is 0 Å². The minimum atomic E-state index is -1.22. The van der Waals surface area contributed by atoms with Crippen molar-refractivity contribution >= 4 is 0 Å². The topological polar surface area (TPSA) is 84.5 Å². The second-order valence-corrected chi connectivity index (χ2v) is 3.38. The lowest BCUT2D eigenvalue weighted by molar-refractivity contribution is -0.0152. The molecule has 2 unspecified atom stereocenters. The van der Waals surface area contributed by atoms with E-state index in [1.165, 1.54) is 6.07 Å². The average Bonchev–Trinajstić information content (AvgIpc) is 2.27. The molecule has 0 aliphatic carbocycles. The van der Waals surface area contributed by atoms with Gasteiger partial charge in [-0.25, -0.2) is 0 Å². The molecule has 80 valence electrons. The predicted octanol–water partition coefficient (Wildman–Crippen LogP) is 0.253. The SMILES string of the molecule is Cc1ccc(C(O)C(O)CO)cc1C#N. The third kappa shape index (κ3) is 2.54. The minimum absolute atomic E-state index is 0.429. The minimum Gasteiger partial charge on any atom is -0.394 e. The molecule has 0 heterocycles. The maximum absolute atomic E-state index is 9.58. The number of hydrogen-bond acceptors (Lipinski definition) is 4. The Labute approximate surface area is 88.0 Å². The van der Waals surface area contributed by atoms with E-state index < -0.39 is 18.8 Å². The Balaban J connectivity index is 3.02. The van der Waals surface area contributed by atoms with Crippen LogP contribution in [-0.2, 0) is 0 Å². The van der Waals surface area contributed by atoms with E-state index >= 15 is 0 Å². The van der Waals surface area contributed by atoms with Gasteiger partial charge in [-0.1, -0.05) is 12.1 Å². The number of nitriles is 1. The van der Waals surface area contributed by atoms with Gasteiger partial charge in [0.05, 0.1) is 18.2 Å². The largest absolute Gasteiger partial charge is 0.394 e. The van der Waals surface area contributed by atoms with E-state index in [4.69, 9.17) is 10.4 Å². The fraction of sp³-hybridized carbons (Fsp3) is 0.364. The number of nitrogens with zero attached hydrogens (tertiary/aromatic N) is 1. The first-order chi connectivity index (χ1) is 7.10. The molecule has 0 saturated carbocycles. The van der Waals surface area contributed by atoms with Gasteiger partial charge in [0.25, 0.3) is 0 Å². The maximum Gasteiger partial charge on any atom is 0.107 e. The normalized spacial score (nSPS) is 14.3. The van der Waals surface area contributed by atoms with Crippen LogP contribution < -0.4 is 0 Å². The molecule has 1 aromatic carbocycles. The number of aliphatic hydroxyl groups is 3. The first-order valence-electron chi connectivity index (χ1n) is 4.57. The van der Waals surface area contributed by atoms with Gasteiger partial charge in [-0.3, -0.25) is 0 Å². The Kier molecular flexibility index (Phi) is 3.81. The predicted molar refractivity (Wildman–Crippen MR) is 53.9 cm³/mol. The summed E-state index contributed by atoms with van der Waals surface area (Å²) in [6, 6.07) is 6.83. The molecule has 0 fully saturated rings. The molecule has 4 nitrogen and oxygen atoms in total. The third-order valence-corrected chi connectivity index (χ3v) is 2.28. The van der Waals surface area contributed by atoms with E-state index in [2.05, 4.69) is 0 Å². The van der Waals surface area contributed by atoms with Crippen LogP contribution in [0.4, 0.5) is 0 Å². The van der Waals surface area contributed by atoms with Gasteiger partial charge in [-0.2, -0.15) is 5.26 Å². The Bertz CT molecular complexity index is 384. The van der Waals surface area contributed by atoms with Crippen LogP contribution in [0.25, 0.3) is 0 Å². The lowest BCUT2D eigenvalue weighted by Crippen LogP contribution is -2.22. The zero-order chi connectivity index (χ0) is 11.4. The maximum atomic E-state index is 9.58. The molecule has 0 spiro atoms. The second-order valence-electron chi connectivity index (χ2n) is 3.38. The zero-order valence-electron chi connectivity index (χ0n) is 8.38. The van der Waals surface area contributed by atoms with E-state index in [0.717, 1.165) is 5.56 Å². The Morgan fingerprint density at radius 2 is 2.07 bits per heavy atom. The smallest absolute Gasteiger partial charge is 0.107 e. The lowest BCUT2D eigenvalue weighted by atomic mass is 10.00. The van der Waals surface area contributed by atoms with Crippen LogP contribution in [0, 0.1) is 18.3 Å². The van der Waals surface area contributed by atoms with E-state index in [-0.39, 0.29) is 0 Å². The molecule has 15 heavy (non-hydrogen) atoms. The summed E-state index contributed by atoms with van der Waals surface area (Å²) in [5, 5.41) is 36.3. The van der Waals surface area contributed by atoms with Gasteiger partial charge >= 0.3 is 0 Å². The molecule has 0 saturated heterocycles. The lowest BCUT2D eigenvalue weighted by Gasteiger charge is -2.16. The fourth-order valence-electron chi connectivity index (χ4n) is 1.27. The highest BCUT2D eigenvalue weighted by atomic mass is 16.4. The fourth-order valence-corrected chi connectivity index (χ4v) is 1.27. The molecule has 0 aliphatic heterocycles. The van der Waals surface area contributed by atoms with E-state index in [9.17, 15) is 10.2 Å². The molecular formula is C11H13NO3. The second kappa shape index (κ2) is 4.89. The number of rotatable bonds is 3. The van der Waals surface area contributed by atoms with Crippen LogP contribution in [0.1, 0.15) is 22.8 Å². The molecule has 1 aromatic rings. The summed E-state index contributed by atoms with van der Waals surface area (Å²) >= 11 is 0. The monoisotopic (exact) mass is 207 g/mol. The number of aliphatic hydroxyl groups excluding tert-OH is 3. The molecule has 0 aromatic heterocycles. The molecule has 4 heteroatoms. The first kappa shape index (κ1) is 11.7. The van der Waals surface area contributed by atoms with Crippen molar-refractivity contribution in [1.29, 1.82) is 5.26 Å². The van der Waals surface area contributed by atoms with Crippen molar-refractivity contribution < 1.29 is 15.3 Å². The van der Waals surface area contributed by atoms with Crippen molar-refractivity contribution in [3.63, 3.8) is 0 Å². The van der Waals surface area contributed by atoms with Crippen LogP contribution in [0.15, 0.2) is 18.2 Å². The summed E-state index contributed by atoms with van der Waals surface area (Å²) in [5.74, 6) is 0. The highest BCUT2D eigenvalue weighted by molar-refractivity contribution is 5.40. The molecule has 1 rings (SSSR count). The molecule has 3 N–H and O–H groups in total. The quantitative estimate of drug-likeness (QED) is 0.663. The molecule has 0 radical (unpaired) electrons. The van der Waals surface area contributed by atoms with Crippen LogP contribution in [0.3, 0.4) is 0 Å². The zero-order valence-corrected chi connectivity index (χ0v) is 8.38. The van der Waals surface area contributed by atoms with Gasteiger partial charge in [0.2, 0.25) is 0 Å². The van der Waals surface area contributed by atoms with Gasteiger partial charge in [0.1, 0.15) is 12.2 Å². The van der Waals surface area contributed by atoms with Gasteiger partial charge in [0.15, 0.2) is 0 Å². The summed E-state index contributed by atoms with van der Waals surface area (Å²) in [7, 11) is 0. The highest BCUT2D eigenvalue weighted by Gasteiger charge is 2.17. The molecule has 2 atom stereocenters. The van der Waals surface area contributed by atoms with Crippen molar-refractivity contribution in [2.75, 3.05) is 6.61 Å².